The number of aliphatic hydroxyl groups is 1. The molecule has 1 aromatic carbocycles. The highest BCUT2D eigenvalue weighted by molar-refractivity contribution is 14.1. The summed E-state index contributed by atoms with van der Waals surface area (Å²) in [6.45, 7) is 0.279. The fraction of sp³-hybridized carbons (Fsp3) is 0.500. The highest BCUT2D eigenvalue weighted by atomic mass is 127. The molecule has 5 heteroatoms. The molecule has 0 bridgehead atoms. The van der Waals surface area contributed by atoms with Gasteiger partial charge >= 0.3 is 0 Å². The average molecular weight is 375 g/mol. The smallest absolute Gasteiger partial charge is 0.257 e. The molecule has 2 rings (SSSR count). The zero-order chi connectivity index (χ0) is 13.8. The molecule has 19 heavy (non-hydrogen) atoms. The molecule has 1 amide bonds. The van der Waals surface area contributed by atoms with Crippen molar-refractivity contribution in [1.29, 1.82) is 0 Å². The van der Waals surface area contributed by atoms with Crippen LogP contribution in [0.15, 0.2) is 18.2 Å². The van der Waals surface area contributed by atoms with Crippen molar-refractivity contribution >= 4 is 28.5 Å². The second-order valence-electron chi connectivity index (χ2n) is 4.82. The van der Waals surface area contributed by atoms with Crippen LogP contribution in [0.5, 0.6) is 5.75 Å². The molecule has 1 aliphatic carbocycles. The van der Waals surface area contributed by atoms with Gasteiger partial charge in [-0.2, -0.15) is 0 Å². The Bertz CT molecular complexity index is 458. The molecule has 4 nitrogen and oxygen atoms in total. The molecule has 0 aromatic heterocycles. The highest BCUT2D eigenvalue weighted by Gasteiger charge is 2.28. The van der Waals surface area contributed by atoms with Crippen LogP contribution < -0.4 is 0 Å². The molecule has 0 radical (unpaired) electrons. The molecular weight excluding hydrogens is 357 g/mol. The van der Waals surface area contributed by atoms with E-state index in [0.717, 1.165) is 29.3 Å². The number of rotatable bonds is 4. The van der Waals surface area contributed by atoms with Crippen LogP contribution in [0.1, 0.15) is 36.0 Å². The van der Waals surface area contributed by atoms with E-state index in [1.165, 1.54) is 0 Å². The number of benzene rings is 1. The van der Waals surface area contributed by atoms with E-state index in [2.05, 4.69) is 22.6 Å². The Morgan fingerprint density at radius 1 is 1.37 bits per heavy atom. The number of hydrogen-bond acceptors (Lipinski definition) is 3. The lowest BCUT2D eigenvalue weighted by Crippen LogP contribution is -2.40. The van der Waals surface area contributed by atoms with E-state index in [9.17, 15) is 9.90 Å². The molecule has 1 aromatic rings. The van der Waals surface area contributed by atoms with Gasteiger partial charge in [0.2, 0.25) is 0 Å². The van der Waals surface area contributed by atoms with E-state index < -0.39 is 0 Å². The minimum atomic E-state index is -0.183. The van der Waals surface area contributed by atoms with Gasteiger partial charge in [-0.25, -0.2) is 0 Å². The van der Waals surface area contributed by atoms with Crippen LogP contribution in [0.2, 0.25) is 0 Å². The third-order valence-corrected chi connectivity index (χ3v) is 4.23. The minimum absolute atomic E-state index is 0.00588. The van der Waals surface area contributed by atoms with Crippen molar-refractivity contribution in [2.45, 2.75) is 31.7 Å². The number of hydrogen-bond donors (Lipinski definition) is 2. The first kappa shape index (κ1) is 14.6. The first-order valence-corrected chi connectivity index (χ1v) is 7.61. The summed E-state index contributed by atoms with van der Waals surface area (Å²) in [6.07, 6.45) is 4.21. The normalized spacial score (nSPS) is 15.7. The van der Waals surface area contributed by atoms with E-state index in [1.807, 2.05) is 0 Å². The Morgan fingerprint density at radius 3 is 2.68 bits per heavy atom. The van der Waals surface area contributed by atoms with Crippen LogP contribution in [0, 0.1) is 3.57 Å². The summed E-state index contributed by atoms with van der Waals surface area (Å²) in [4.78, 5) is 14.3. The van der Waals surface area contributed by atoms with Crippen LogP contribution in [0.25, 0.3) is 0 Å². The van der Waals surface area contributed by atoms with Crippen molar-refractivity contribution in [3.8, 4) is 5.75 Å². The number of phenols is 1. The fourth-order valence-electron chi connectivity index (χ4n) is 2.61. The number of aromatic hydroxyl groups is 1. The van der Waals surface area contributed by atoms with Crippen LogP contribution in [0.3, 0.4) is 0 Å². The molecule has 0 spiro atoms. The Labute approximate surface area is 126 Å². The van der Waals surface area contributed by atoms with Crippen LogP contribution in [-0.2, 0) is 0 Å². The summed E-state index contributed by atoms with van der Waals surface area (Å²) in [5, 5.41) is 19.0. The molecule has 0 unspecified atom stereocenters. The van der Waals surface area contributed by atoms with Gasteiger partial charge in [-0.3, -0.25) is 4.79 Å². The van der Waals surface area contributed by atoms with Gasteiger partial charge in [0.1, 0.15) is 5.75 Å². The number of carbonyl (C=O) groups excluding carboxylic acids is 1. The molecule has 0 heterocycles. The third kappa shape index (κ3) is 3.39. The predicted molar refractivity (Wildman–Crippen MR) is 81.2 cm³/mol. The van der Waals surface area contributed by atoms with Gasteiger partial charge in [0.15, 0.2) is 0 Å². The first-order valence-electron chi connectivity index (χ1n) is 6.54. The van der Waals surface area contributed by atoms with E-state index >= 15 is 0 Å². The number of aliphatic hydroxyl groups excluding tert-OH is 1. The van der Waals surface area contributed by atoms with Crippen molar-refractivity contribution in [3.63, 3.8) is 0 Å². The van der Waals surface area contributed by atoms with Crippen molar-refractivity contribution in [2.24, 2.45) is 0 Å². The predicted octanol–water partition coefficient (Wildman–Crippen LogP) is 2.37. The number of carbonyl (C=O) groups is 1. The maximum absolute atomic E-state index is 12.5. The summed E-state index contributed by atoms with van der Waals surface area (Å²) in [6, 6.07) is 5.19. The van der Waals surface area contributed by atoms with E-state index in [1.54, 1.807) is 23.1 Å². The molecule has 2 N–H and O–H groups in total. The van der Waals surface area contributed by atoms with Crippen LogP contribution in [0.4, 0.5) is 0 Å². The number of amides is 1. The summed E-state index contributed by atoms with van der Waals surface area (Å²) in [7, 11) is 0. The molecule has 1 aliphatic rings. The zero-order valence-corrected chi connectivity index (χ0v) is 12.8. The van der Waals surface area contributed by atoms with Crippen molar-refractivity contribution in [3.05, 3.63) is 27.3 Å². The van der Waals surface area contributed by atoms with Gasteiger partial charge in [0, 0.05) is 16.2 Å². The van der Waals surface area contributed by atoms with Gasteiger partial charge < -0.3 is 15.1 Å². The summed E-state index contributed by atoms with van der Waals surface area (Å²) in [5.41, 5.74) is 0.326. The van der Waals surface area contributed by atoms with E-state index in [-0.39, 0.29) is 24.3 Å². The monoisotopic (exact) mass is 375 g/mol. The summed E-state index contributed by atoms with van der Waals surface area (Å²) in [5.74, 6) is -0.177. The van der Waals surface area contributed by atoms with Crippen molar-refractivity contribution in [1.82, 2.24) is 4.90 Å². The van der Waals surface area contributed by atoms with E-state index in [4.69, 9.17) is 5.11 Å². The molecule has 104 valence electrons. The average Bonchev–Trinajstić information content (AvgIpc) is 2.92. The number of halogens is 1. The van der Waals surface area contributed by atoms with Gasteiger partial charge in [-0.1, -0.05) is 12.8 Å². The van der Waals surface area contributed by atoms with Crippen molar-refractivity contribution < 1.29 is 15.0 Å². The number of phenolic OH excluding ortho intramolecular Hbond substituents is 1. The second kappa shape index (κ2) is 6.56. The Kier molecular flexibility index (Phi) is 5.04. The van der Waals surface area contributed by atoms with Gasteiger partial charge in [-0.05, 0) is 53.6 Å². The minimum Gasteiger partial charge on any atom is -0.507 e. The molecular formula is C14H18INO3. The quantitative estimate of drug-likeness (QED) is 0.795. The lowest BCUT2D eigenvalue weighted by atomic mass is 10.1. The molecule has 1 saturated carbocycles. The van der Waals surface area contributed by atoms with Crippen molar-refractivity contribution in [2.75, 3.05) is 13.2 Å². The topological polar surface area (TPSA) is 60.8 Å². The zero-order valence-electron chi connectivity index (χ0n) is 10.7. The van der Waals surface area contributed by atoms with Gasteiger partial charge in [0.25, 0.3) is 5.91 Å². The third-order valence-electron chi connectivity index (χ3n) is 3.56. The largest absolute Gasteiger partial charge is 0.507 e. The fourth-order valence-corrected chi connectivity index (χ4v) is 3.10. The number of nitrogens with zero attached hydrogens (tertiary/aromatic N) is 1. The summed E-state index contributed by atoms with van der Waals surface area (Å²) >= 11 is 2.12. The maximum Gasteiger partial charge on any atom is 0.257 e. The molecule has 0 atom stereocenters. The molecule has 0 aliphatic heterocycles. The van der Waals surface area contributed by atoms with Crippen LogP contribution in [-0.4, -0.2) is 40.2 Å². The lowest BCUT2D eigenvalue weighted by molar-refractivity contribution is 0.0635. The molecule has 1 fully saturated rings. The summed E-state index contributed by atoms with van der Waals surface area (Å²) < 4.78 is 0.911. The lowest BCUT2D eigenvalue weighted by Gasteiger charge is -2.28. The Morgan fingerprint density at radius 2 is 2.05 bits per heavy atom. The second-order valence-corrected chi connectivity index (χ2v) is 6.07. The Hall–Kier alpha value is -0.820. The van der Waals surface area contributed by atoms with Gasteiger partial charge in [0.05, 0.1) is 12.2 Å². The van der Waals surface area contributed by atoms with E-state index in [0.29, 0.717) is 12.1 Å². The van der Waals surface area contributed by atoms with Crippen LogP contribution >= 0.6 is 22.6 Å². The standard InChI is InChI=1S/C14H18INO3/c15-10-5-6-13(18)12(9-10)14(19)16(7-8-17)11-3-1-2-4-11/h5-6,9,11,17-18H,1-4,7-8H2. The first-order chi connectivity index (χ1) is 9.13. The SMILES string of the molecule is O=C(c1cc(I)ccc1O)N(CCO)C1CCCC1. The molecule has 0 saturated heterocycles. The highest BCUT2D eigenvalue weighted by Crippen LogP contribution is 2.27. The maximum atomic E-state index is 12.5. The Balaban J connectivity index is 2.25. The van der Waals surface area contributed by atoms with Gasteiger partial charge in [-0.15, -0.1) is 0 Å².